The first-order valence-electron chi connectivity index (χ1n) is 11.8. The summed E-state index contributed by atoms with van der Waals surface area (Å²) in [6, 6.07) is 0.855. The maximum absolute atomic E-state index is 13.3. The Kier molecular flexibility index (Phi) is 9.34. The molecule has 210 valence electrons. The van der Waals surface area contributed by atoms with Crippen LogP contribution in [0.1, 0.15) is 42.3 Å². The standard InChI is InChI=1S/C23H34O14/c1-3-7(2)14(27)13-9(36-23-21(34)19(32)16(29)11(6-25)37-23)4-8(26)12(17(13)30)22-20(33)18(31)15(28)10(5-24)35-22/h4,7,10-11,15-16,18-26,28-34H,3,5-6H2,1-2H3/t7-,10+,11+,15+,16+,18-,19-,20+,21+,22-,23+/m0/s1. The minimum Gasteiger partial charge on any atom is -0.507 e. The molecule has 14 heteroatoms. The maximum Gasteiger partial charge on any atom is 0.229 e. The van der Waals surface area contributed by atoms with Crippen LogP contribution in [0.3, 0.4) is 0 Å². The second kappa shape index (κ2) is 11.7. The Morgan fingerprint density at radius 1 is 0.892 bits per heavy atom. The fourth-order valence-electron chi connectivity index (χ4n) is 4.32. The molecule has 11 atom stereocenters. The second-order valence-corrected chi connectivity index (χ2v) is 9.27. The molecule has 1 aromatic carbocycles. The van der Waals surface area contributed by atoms with Gasteiger partial charge in [-0.05, 0) is 6.42 Å². The van der Waals surface area contributed by atoms with Gasteiger partial charge in [-0.1, -0.05) is 13.8 Å². The van der Waals surface area contributed by atoms with Crippen molar-refractivity contribution < 1.29 is 70.1 Å². The van der Waals surface area contributed by atoms with E-state index in [2.05, 4.69) is 0 Å². The first-order valence-corrected chi connectivity index (χ1v) is 11.8. The number of phenolic OH excluding ortho intramolecular Hbond substituents is 2. The lowest BCUT2D eigenvalue weighted by molar-refractivity contribution is -0.277. The van der Waals surface area contributed by atoms with Crippen LogP contribution in [0.2, 0.25) is 0 Å². The molecule has 2 fully saturated rings. The second-order valence-electron chi connectivity index (χ2n) is 9.27. The van der Waals surface area contributed by atoms with Crippen LogP contribution < -0.4 is 4.74 Å². The third-order valence-corrected chi connectivity index (χ3v) is 6.86. The van der Waals surface area contributed by atoms with Gasteiger partial charge in [-0.2, -0.15) is 0 Å². The minimum absolute atomic E-state index is 0.314. The third-order valence-electron chi connectivity index (χ3n) is 6.86. The summed E-state index contributed by atoms with van der Waals surface area (Å²) in [6.07, 6.45) is -16.6. The van der Waals surface area contributed by atoms with Crippen LogP contribution in [-0.2, 0) is 9.47 Å². The molecule has 10 N–H and O–H groups in total. The average molecular weight is 535 g/mol. The molecule has 2 aliphatic heterocycles. The van der Waals surface area contributed by atoms with Crippen molar-refractivity contribution in [3.05, 3.63) is 17.2 Å². The summed E-state index contributed by atoms with van der Waals surface area (Å²) in [6.45, 7) is 1.70. The number of rotatable bonds is 8. The van der Waals surface area contributed by atoms with Crippen LogP contribution in [-0.4, -0.2) is 125 Å². The summed E-state index contributed by atoms with van der Waals surface area (Å²) in [4.78, 5) is 13.3. The number of benzene rings is 1. The molecule has 1 aromatic rings. The Balaban J connectivity index is 2.10. The van der Waals surface area contributed by atoms with E-state index in [-0.39, 0.29) is 0 Å². The number of aromatic hydroxyl groups is 2. The molecule has 0 aliphatic carbocycles. The van der Waals surface area contributed by atoms with E-state index < -0.39 is 115 Å². The Bertz CT molecular complexity index is 952. The minimum atomic E-state index is -1.89. The molecule has 2 heterocycles. The molecule has 0 bridgehead atoms. The van der Waals surface area contributed by atoms with Gasteiger partial charge in [0.05, 0.1) is 18.8 Å². The van der Waals surface area contributed by atoms with Gasteiger partial charge in [0.15, 0.2) is 5.78 Å². The number of hydrogen-bond acceptors (Lipinski definition) is 14. The van der Waals surface area contributed by atoms with E-state index >= 15 is 0 Å². The van der Waals surface area contributed by atoms with Gasteiger partial charge in [0.2, 0.25) is 6.29 Å². The normalized spacial score (nSPS) is 37.2. The van der Waals surface area contributed by atoms with Crippen molar-refractivity contribution in [2.75, 3.05) is 13.2 Å². The molecule has 0 unspecified atom stereocenters. The van der Waals surface area contributed by atoms with Gasteiger partial charge in [-0.25, -0.2) is 0 Å². The highest BCUT2D eigenvalue weighted by atomic mass is 16.7. The molecule has 0 saturated carbocycles. The molecular formula is C23H34O14. The quantitative estimate of drug-likeness (QED) is 0.150. The zero-order valence-electron chi connectivity index (χ0n) is 20.2. The number of aliphatic hydroxyl groups excluding tert-OH is 8. The number of Topliss-reactive ketones (excluding diaryl/α,β-unsaturated/α-hetero) is 1. The van der Waals surface area contributed by atoms with Crippen LogP contribution >= 0.6 is 0 Å². The molecule has 0 amide bonds. The smallest absolute Gasteiger partial charge is 0.229 e. The van der Waals surface area contributed by atoms with Gasteiger partial charge in [0.1, 0.15) is 77.7 Å². The van der Waals surface area contributed by atoms with Crippen molar-refractivity contribution in [1.82, 2.24) is 0 Å². The van der Waals surface area contributed by atoms with E-state index in [1.165, 1.54) is 0 Å². The van der Waals surface area contributed by atoms with Crippen LogP contribution in [0.25, 0.3) is 0 Å². The van der Waals surface area contributed by atoms with Crippen molar-refractivity contribution in [3.63, 3.8) is 0 Å². The summed E-state index contributed by atoms with van der Waals surface area (Å²) in [7, 11) is 0. The zero-order valence-corrected chi connectivity index (χ0v) is 20.2. The summed E-state index contributed by atoms with van der Waals surface area (Å²) in [5.74, 6) is -3.59. The number of aliphatic hydroxyl groups is 8. The molecular weight excluding hydrogens is 500 g/mol. The largest absolute Gasteiger partial charge is 0.507 e. The van der Waals surface area contributed by atoms with Crippen molar-refractivity contribution in [1.29, 1.82) is 0 Å². The Hall–Kier alpha value is -2.11. The highest BCUT2D eigenvalue weighted by Gasteiger charge is 2.48. The van der Waals surface area contributed by atoms with Crippen LogP contribution in [0.15, 0.2) is 6.07 Å². The van der Waals surface area contributed by atoms with Gasteiger partial charge in [-0.3, -0.25) is 4.79 Å². The highest BCUT2D eigenvalue weighted by molar-refractivity contribution is 6.03. The van der Waals surface area contributed by atoms with Crippen molar-refractivity contribution in [2.24, 2.45) is 5.92 Å². The Labute approximate surface area is 211 Å². The number of carbonyl (C=O) groups is 1. The molecule has 3 rings (SSSR count). The topological polar surface area (TPSA) is 247 Å². The van der Waals surface area contributed by atoms with Crippen LogP contribution in [0.5, 0.6) is 17.2 Å². The number of carbonyl (C=O) groups excluding carboxylic acids is 1. The molecule has 2 aliphatic rings. The van der Waals surface area contributed by atoms with E-state index in [1.807, 2.05) is 0 Å². The fourth-order valence-corrected chi connectivity index (χ4v) is 4.32. The van der Waals surface area contributed by atoms with E-state index in [0.29, 0.717) is 6.42 Å². The number of hydrogen-bond donors (Lipinski definition) is 10. The first kappa shape index (κ1) is 29.4. The van der Waals surface area contributed by atoms with E-state index in [0.717, 1.165) is 6.07 Å². The lowest BCUT2D eigenvalue weighted by Crippen LogP contribution is -2.60. The molecule has 37 heavy (non-hydrogen) atoms. The maximum atomic E-state index is 13.3. The van der Waals surface area contributed by atoms with Crippen molar-refractivity contribution in [3.8, 4) is 17.2 Å². The number of ether oxygens (including phenoxy) is 3. The Morgan fingerprint density at radius 2 is 1.43 bits per heavy atom. The van der Waals surface area contributed by atoms with E-state index in [4.69, 9.17) is 14.2 Å². The van der Waals surface area contributed by atoms with Gasteiger partial charge < -0.3 is 65.3 Å². The first-order chi connectivity index (χ1) is 17.4. The lowest BCUT2D eigenvalue weighted by Gasteiger charge is -2.41. The van der Waals surface area contributed by atoms with Crippen LogP contribution in [0, 0.1) is 5.92 Å². The van der Waals surface area contributed by atoms with Crippen LogP contribution in [0.4, 0.5) is 0 Å². The molecule has 0 aromatic heterocycles. The molecule has 2 saturated heterocycles. The zero-order chi connectivity index (χ0) is 27.8. The Morgan fingerprint density at radius 3 is 1.97 bits per heavy atom. The van der Waals surface area contributed by atoms with Gasteiger partial charge in [0, 0.05) is 12.0 Å². The monoisotopic (exact) mass is 534 g/mol. The SMILES string of the molecule is CC[C@H](C)C(=O)c1c(O[C@@H]2O[C@H](CO)[C@@H](O)[C@H](O)[C@H]2O)cc(O)c([C@@H]2O[C@H](CO)[C@@H](O)[C@H](O)[C@H]2O)c1O. The molecule has 0 spiro atoms. The lowest BCUT2D eigenvalue weighted by atomic mass is 9.87. The van der Waals surface area contributed by atoms with E-state index in [9.17, 15) is 55.9 Å². The summed E-state index contributed by atoms with van der Waals surface area (Å²) < 4.78 is 16.3. The number of ketones is 1. The predicted molar refractivity (Wildman–Crippen MR) is 121 cm³/mol. The summed E-state index contributed by atoms with van der Waals surface area (Å²) in [5.41, 5.74) is -1.05. The molecule has 14 nitrogen and oxygen atoms in total. The van der Waals surface area contributed by atoms with Crippen molar-refractivity contribution >= 4 is 5.78 Å². The molecule has 0 radical (unpaired) electrons. The summed E-state index contributed by atoms with van der Waals surface area (Å²) in [5, 5.41) is 102. The van der Waals surface area contributed by atoms with Gasteiger partial charge in [0.25, 0.3) is 0 Å². The summed E-state index contributed by atoms with van der Waals surface area (Å²) >= 11 is 0. The fraction of sp³-hybridized carbons (Fsp3) is 0.696. The van der Waals surface area contributed by atoms with Gasteiger partial charge >= 0.3 is 0 Å². The average Bonchev–Trinajstić information content (AvgIpc) is 2.87. The predicted octanol–water partition coefficient (Wildman–Crippen LogP) is -2.98. The highest BCUT2D eigenvalue weighted by Crippen LogP contribution is 2.47. The third kappa shape index (κ3) is 5.40. The number of phenols is 2. The van der Waals surface area contributed by atoms with Crippen molar-refractivity contribution in [2.45, 2.75) is 81.5 Å². The van der Waals surface area contributed by atoms with Gasteiger partial charge in [-0.15, -0.1) is 0 Å². The van der Waals surface area contributed by atoms with E-state index in [1.54, 1.807) is 13.8 Å².